The van der Waals surface area contributed by atoms with E-state index in [1.54, 1.807) is 4.90 Å². The lowest BCUT2D eigenvalue weighted by Crippen LogP contribution is -2.28. The van der Waals surface area contributed by atoms with Gasteiger partial charge in [-0.05, 0) is 37.6 Å². The molecule has 0 radical (unpaired) electrons. The Hall–Kier alpha value is -3.26. The summed E-state index contributed by atoms with van der Waals surface area (Å²) in [5, 5.41) is 12.3. The standard InChI is InChI=1S/C23H24N4O3S/c1-16-9-11-18(12-10-16)27-15-17(14-21(27)28)22(29)24-23-26-25-20(31-23)8-5-13-30-19-6-3-2-4-7-19/h2-4,6-7,9-12,17H,5,8,13-15H2,1H3,(H,24,26,29). The van der Waals surface area contributed by atoms with Gasteiger partial charge in [-0.15, -0.1) is 10.2 Å². The van der Waals surface area contributed by atoms with Gasteiger partial charge >= 0.3 is 0 Å². The number of anilines is 2. The van der Waals surface area contributed by atoms with Gasteiger partial charge in [0.05, 0.1) is 12.5 Å². The summed E-state index contributed by atoms with van der Waals surface area (Å²) < 4.78 is 5.68. The van der Waals surface area contributed by atoms with Crippen LogP contribution in [0.5, 0.6) is 5.75 Å². The van der Waals surface area contributed by atoms with E-state index in [9.17, 15) is 9.59 Å². The third-order valence-electron chi connectivity index (χ3n) is 5.09. The topological polar surface area (TPSA) is 84.4 Å². The number of aryl methyl sites for hydroxylation is 2. The lowest BCUT2D eigenvalue weighted by atomic mass is 10.1. The molecule has 1 fully saturated rings. The van der Waals surface area contributed by atoms with Gasteiger partial charge in [0, 0.05) is 25.1 Å². The van der Waals surface area contributed by atoms with Crippen LogP contribution < -0.4 is 15.0 Å². The zero-order valence-corrected chi connectivity index (χ0v) is 18.1. The number of aromatic nitrogens is 2. The molecule has 7 nitrogen and oxygen atoms in total. The van der Waals surface area contributed by atoms with E-state index >= 15 is 0 Å². The Labute approximate surface area is 185 Å². The molecule has 0 bridgehead atoms. The van der Waals surface area contributed by atoms with Gasteiger partial charge in [-0.25, -0.2) is 0 Å². The highest BCUT2D eigenvalue weighted by Gasteiger charge is 2.35. The maximum atomic E-state index is 12.6. The fraction of sp³-hybridized carbons (Fsp3) is 0.304. The Bertz CT molecular complexity index is 1040. The van der Waals surface area contributed by atoms with Crippen molar-refractivity contribution >= 4 is 34.0 Å². The zero-order valence-electron chi connectivity index (χ0n) is 17.3. The quantitative estimate of drug-likeness (QED) is 0.542. The normalized spacial score (nSPS) is 15.8. The molecule has 1 aliphatic rings. The Morgan fingerprint density at radius 2 is 1.94 bits per heavy atom. The van der Waals surface area contributed by atoms with Crippen LogP contribution in [0.3, 0.4) is 0 Å². The third kappa shape index (κ3) is 5.46. The van der Waals surface area contributed by atoms with E-state index in [4.69, 9.17) is 4.74 Å². The highest BCUT2D eigenvalue weighted by molar-refractivity contribution is 7.15. The van der Waals surface area contributed by atoms with E-state index in [0.717, 1.165) is 34.8 Å². The Morgan fingerprint density at radius 1 is 1.16 bits per heavy atom. The molecular weight excluding hydrogens is 412 g/mol. The van der Waals surface area contributed by atoms with E-state index in [0.29, 0.717) is 18.3 Å². The number of para-hydroxylation sites is 1. The van der Waals surface area contributed by atoms with Crippen molar-refractivity contribution in [3.8, 4) is 5.75 Å². The van der Waals surface area contributed by atoms with E-state index in [1.165, 1.54) is 11.3 Å². The summed E-state index contributed by atoms with van der Waals surface area (Å²) in [7, 11) is 0. The summed E-state index contributed by atoms with van der Waals surface area (Å²) in [4.78, 5) is 26.7. The van der Waals surface area contributed by atoms with E-state index < -0.39 is 5.92 Å². The van der Waals surface area contributed by atoms with Crippen molar-refractivity contribution in [1.29, 1.82) is 0 Å². The molecular formula is C23H24N4O3S. The van der Waals surface area contributed by atoms with E-state index in [2.05, 4.69) is 15.5 Å². The molecule has 1 unspecified atom stereocenters. The molecule has 8 heteroatoms. The van der Waals surface area contributed by atoms with E-state index in [1.807, 2.05) is 61.5 Å². The molecule has 31 heavy (non-hydrogen) atoms. The van der Waals surface area contributed by atoms with Gasteiger partial charge in [0.15, 0.2) is 0 Å². The molecule has 0 saturated carbocycles. The highest BCUT2D eigenvalue weighted by atomic mass is 32.1. The number of carbonyl (C=O) groups excluding carboxylic acids is 2. The average molecular weight is 437 g/mol. The minimum atomic E-state index is -0.402. The molecule has 1 atom stereocenters. The molecule has 1 aliphatic heterocycles. The van der Waals surface area contributed by atoms with Crippen molar-refractivity contribution in [2.75, 3.05) is 23.4 Å². The molecule has 0 aliphatic carbocycles. The maximum Gasteiger partial charge on any atom is 0.231 e. The molecule has 1 saturated heterocycles. The number of nitrogens with one attached hydrogen (secondary N) is 1. The van der Waals surface area contributed by atoms with Crippen LogP contribution in [0.15, 0.2) is 54.6 Å². The number of ether oxygens (including phenoxy) is 1. The zero-order chi connectivity index (χ0) is 21.6. The van der Waals surface area contributed by atoms with Gasteiger partial charge in [0.1, 0.15) is 10.8 Å². The van der Waals surface area contributed by atoms with Gasteiger partial charge in [-0.2, -0.15) is 0 Å². The summed E-state index contributed by atoms with van der Waals surface area (Å²) in [6.45, 7) is 2.96. The van der Waals surface area contributed by atoms with Crippen LogP contribution in [0.4, 0.5) is 10.8 Å². The number of amides is 2. The molecule has 3 aromatic rings. The van der Waals surface area contributed by atoms with Crippen molar-refractivity contribution in [2.45, 2.75) is 26.2 Å². The second kappa shape index (κ2) is 9.70. The molecule has 160 valence electrons. The number of benzene rings is 2. The molecule has 2 heterocycles. The van der Waals surface area contributed by atoms with Crippen molar-refractivity contribution in [2.24, 2.45) is 5.92 Å². The van der Waals surface area contributed by atoms with E-state index in [-0.39, 0.29) is 18.2 Å². The van der Waals surface area contributed by atoms with Crippen LogP contribution in [-0.2, 0) is 16.0 Å². The van der Waals surface area contributed by atoms with Crippen LogP contribution in [0.2, 0.25) is 0 Å². The van der Waals surface area contributed by atoms with Crippen molar-refractivity contribution < 1.29 is 14.3 Å². The molecule has 4 rings (SSSR count). The predicted molar refractivity (Wildman–Crippen MR) is 120 cm³/mol. The van der Waals surface area contributed by atoms with Gasteiger partial charge in [-0.3, -0.25) is 9.59 Å². The fourth-order valence-corrected chi connectivity index (χ4v) is 4.18. The third-order valence-corrected chi connectivity index (χ3v) is 5.98. The second-order valence-corrected chi connectivity index (χ2v) is 8.56. The van der Waals surface area contributed by atoms with Crippen LogP contribution in [0, 0.1) is 12.8 Å². The molecule has 2 aromatic carbocycles. The Kier molecular flexibility index (Phi) is 6.57. The first kappa shape index (κ1) is 21.0. The van der Waals surface area contributed by atoms with Crippen LogP contribution in [0.25, 0.3) is 0 Å². The molecule has 0 spiro atoms. The number of hydrogen-bond acceptors (Lipinski definition) is 6. The van der Waals surface area contributed by atoms with Gasteiger partial charge in [0.2, 0.25) is 16.9 Å². The minimum absolute atomic E-state index is 0.0413. The summed E-state index contributed by atoms with van der Waals surface area (Å²) in [6.07, 6.45) is 1.73. The number of rotatable bonds is 8. The van der Waals surface area contributed by atoms with Gasteiger partial charge in [-0.1, -0.05) is 47.2 Å². The first-order valence-corrected chi connectivity index (χ1v) is 11.1. The largest absolute Gasteiger partial charge is 0.494 e. The predicted octanol–water partition coefficient (Wildman–Crippen LogP) is 3.85. The summed E-state index contributed by atoms with van der Waals surface area (Å²) in [5.74, 6) is 0.206. The lowest BCUT2D eigenvalue weighted by molar-refractivity contribution is -0.122. The SMILES string of the molecule is Cc1ccc(N2CC(C(=O)Nc3nnc(CCCOc4ccccc4)s3)CC2=O)cc1. The summed E-state index contributed by atoms with van der Waals surface area (Å²) in [5.41, 5.74) is 1.95. The second-order valence-electron chi connectivity index (χ2n) is 7.50. The van der Waals surface area contributed by atoms with Crippen molar-refractivity contribution in [1.82, 2.24) is 10.2 Å². The number of carbonyl (C=O) groups is 2. The lowest BCUT2D eigenvalue weighted by Gasteiger charge is -2.16. The van der Waals surface area contributed by atoms with Crippen molar-refractivity contribution in [3.63, 3.8) is 0 Å². The van der Waals surface area contributed by atoms with Crippen LogP contribution >= 0.6 is 11.3 Å². The molecule has 1 N–H and O–H groups in total. The van der Waals surface area contributed by atoms with Crippen LogP contribution in [0.1, 0.15) is 23.4 Å². The molecule has 1 aromatic heterocycles. The highest BCUT2D eigenvalue weighted by Crippen LogP contribution is 2.27. The number of hydrogen-bond donors (Lipinski definition) is 1. The van der Waals surface area contributed by atoms with Crippen molar-refractivity contribution in [3.05, 3.63) is 65.2 Å². The Balaban J connectivity index is 1.25. The average Bonchev–Trinajstić information content (AvgIpc) is 3.39. The van der Waals surface area contributed by atoms with Gasteiger partial charge in [0.25, 0.3) is 0 Å². The van der Waals surface area contributed by atoms with Gasteiger partial charge < -0.3 is 15.0 Å². The smallest absolute Gasteiger partial charge is 0.231 e. The fourth-order valence-electron chi connectivity index (χ4n) is 3.40. The Morgan fingerprint density at radius 3 is 2.71 bits per heavy atom. The first-order chi connectivity index (χ1) is 15.1. The maximum absolute atomic E-state index is 12.6. The summed E-state index contributed by atoms with van der Waals surface area (Å²) in [6, 6.07) is 17.4. The van der Waals surface area contributed by atoms with Crippen LogP contribution in [-0.4, -0.2) is 35.2 Å². The number of nitrogens with zero attached hydrogens (tertiary/aromatic N) is 3. The monoisotopic (exact) mass is 436 g/mol. The summed E-state index contributed by atoms with van der Waals surface area (Å²) >= 11 is 1.36. The molecule has 2 amide bonds. The first-order valence-electron chi connectivity index (χ1n) is 10.3. The minimum Gasteiger partial charge on any atom is -0.494 e.